The van der Waals surface area contributed by atoms with Gasteiger partial charge in [-0.3, -0.25) is 4.79 Å². The van der Waals surface area contributed by atoms with Crippen LogP contribution >= 0.6 is 0 Å². The molecule has 2 aliphatic carbocycles. The van der Waals surface area contributed by atoms with Crippen molar-refractivity contribution in [2.24, 2.45) is 17.8 Å². The quantitative estimate of drug-likeness (QED) is 0.432. The SMILES string of the molecule is C=CC(=O)[C@H]1C[C@H]2C=C[C@@H]1C2. The Kier molecular flexibility index (Phi) is 1.45. The van der Waals surface area contributed by atoms with Gasteiger partial charge in [-0.15, -0.1) is 0 Å². The number of allylic oxidation sites excluding steroid dienone is 3. The zero-order chi connectivity index (χ0) is 7.84. The van der Waals surface area contributed by atoms with Crippen LogP contribution in [0.3, 0.4) is 0 Å². The van der Waals surface area contributed by atoms with E-state index in [-0.39, 0.29) is 11.7 Å². The van der Waals surface area contributed by atoms with Crippen molar-refractivity contribution in [3.05, 3.63) is 24.8 Å². The molecule has 0 unspecified atom stereocenters. The van der Waals surface area contributed by atoms with Gasteiger partial charge in [0.25, 0.3) is 0 Å². The number of fused-ring (bicyclic) bond motifs is 2. The third-order valence-corrected chi connectivity index (χ3v) is 2.85. The van der Waals surface area contributed by atoms with E-state index in [9.17, 15) is 4.79 Å². The molecule has 0 amide bonds. The normalized spacial score (nSPS) is 39.5. The molecule has 1 nitrogen and oxygen atoms in total. The zero-order valence-corrected chi connectivity index (χ0v) is 6.49. The van der Waals surface area contributed by atoms with Crippen LogP contribution in [0.1, 0.15) is 12.8 Å². The van der Waals surface area contributed by atoms with E-state index < -0.39 is 0 Å². The summed E-state index contributed by atoms with van der Waals surface area (Å²) in [5.41, 5.74) is 0. The zero-order valence-electron chi connectivity index (χ0n) is 6.49. The molecule has 1 saturated carbocycles. The van der Waals surface area contributed by atoms with Crippen LogP contribution in [0.25, 0.3) is 0 Å². The summed E-state index contributed by atoms with van der Waals surface area (Å²) < 4.78 is 0. The van der Waals surface area contributed by atoms with Crippen LogP contribution in [-0.4, -0.2) is 5.78 Å². The summed E-state index contributed by atoms with van der Waals surface area (Å²) in [5, 5.41) is 0. The van der Waals surface area contributed by atoms with Crippen LogP contribution in [0, 0.1) is 17.8 Å². The molecule has 0 heterocycles. The van der Waals surface area contributed by atoms with Crippen molar-refractivity contribution in [2.75, 3.05) is 0 Å². The first-order valence-corrected chi connectivity index (χ1v) is 4.16. The van der Waals surface area contributed by atoms with E-state index in [1.807, 2.05) is 0 Å². The van der Waals surface area contributed by atoms with E-state index >= 15 is 0 Å². The Morgan fingerprint density at radius 3 is 2.73 bits per heavy atom. The number of hydrogen-bond donors (Lipinski definition) is 0. The fourth-order valence-electron chi connectivity index (χ4n) is 2.26. The van der Waals surface area contributed by atoms with Crippen LogP contribution < -0.4 is 0 Å². The molecular formula is C10H12O. The highest BCUT2D eigenvalue weighted by molar-refractivity contribution is 5.92. The minimum absolute atomic E-state index is 0.238. The van der Waals surface area contributed by atoms with E-state index in [0.29, 0.717) is 11.8 Å². The van der Waals surface area contributed by atoms with Crippen molar-refractivity contribution >= 4 is 5.78 Å². The third-order valence-electron chi connectivity index (χ3n) is 2.85. The van der Waals surface area contributed by atoms with Gasteiger partial charge in [0.1, 0.15) is 0 Å². The predicted molar refractivity (Wildman–Crippen MR) is 44.0 cm³/mol. The molecule has 0 saturated heterocycles. The predicted octanol–water partition coefficient (Wildman–Crippen LogP) is 1.95. The average Bonchev–Trinajstić information content (AvgIpc) is 2.62. The first-order chi connectivity index (χ1) is 5.31. The van der Waals surface area contributed by atoms with Crippen molar-refractivity contribution < 1.29 is 4.79 Å². The van der Waals surface area contributed by atoms with Crippen molar-refractivity contribution in [1.82, 2.24) is 0 Å². The Morgan fingerprint density at radius 2 is 2.27 bits per heavy atom. The van der Waals surface area contributed by atoms with Gasteiger partial charge in [-0.1, -0.05) is 18.7 Å². The van der Waals surface area contributed by atoms with E-state index in [4.69, 9.17) is 0 Å². The maximum atomic E-state index is 11.3. The average molecular weight is 148 g/mol. The maximum absolute atomic E-state index is 11.3. The number of hydrogen-bond acceptors (Lipinski definition) is 1. The van der Waals surface area contributed by atoms with Crippen molar-refractivity contribution in [1.29, 1.82) is 0 Å². The number of rotatable bonds is 2. The smallest absolute Gasteiger partial charge is 0.158 e. The molecule has 0 spiro atoms. The van der Waals surface area contributed by atoms with Crippen LogP contribution in [0.4, 0.5) is 0 Å². The molecule has 2 aliphatic rings. The standard InChI is InChI=1S/C10H12O/c1-2-10(11)9-6-7-3-4-8(9)5-7/h2-4,7-9H,1,5-6H2/t7-,8+,9-/m0/s1. The van der Waals surface area contributed by atoms with Gasteiger partial charge in [-0.2, -0.15) is 0 Å². The fraction of sp³-hybridized carbons (Fsp3) is 0.500. The van der Waals surface area contributed by atoms with Gasteiger partial charge in [0.2, 0.25) is 0 Å². The highest BCUT2D eigenvalue weighted by Gasteiger charge is 2.38. The summed E-state index contributed by atoms with van der Waals surface area (Å²) in [5.74, 6) is 1.73. The topological polar surface area (TPSA) is 17.1 Å². The fourth-order valence-corrected chi connectivity index (χ4v) is 2.26. The summed E-state index contributed by atoms with van der Waals surface area (Å²) in [6.45, 7) is 3.52. The van der Waals surface area contributed by atoms with Gasteiger partial charge >= 0.3 is 0 Å². The molecule has 2 bridgehead atoms. The molecule has 2 rings (SSSR count). The Morgan fingerprint density at radius 1 is 1.45 bits per heavy atom. The number of ketones is 1. The second kappa shape index (κ2) is 2.33. The second-order valence-corrected chi connectivity index (χ2v) is 3.49. The number of carbonyl (C=O) groups excluding carboxylic acids is 1. The van der Waals surface area contributed by atoms with Crippen molar-refractivity contribution in [3.8, 4) is 0 Å². The molecule has 0 aromatic carbocycles. The van der Waals surface area contributed by atoms with Crippen molar-refractivity contribution in [2.45, 2.75) is 12.8 Å². The second-order valence-electron chi connectivity index (χ2n) is 3.49. The van der Waals surface area contributed by atoms with Gasteiger partial charge in [-0.25, -0.2) is 0 Å². The highest BCUT2D eigenvalue weighted by Crippen LogP contribution is 2.43. The molecule has 1 heteroatoms. The number of carbonyl (C=O) groups is 1. The van der Waals surface area contributed by atoms with E-state index in [1.165, 1.54) is 12.5 Å². The minimum atomic E-state index is 0.238. The molecule has 1 fully saturated rings. The lowest BCUT2D eigenvalue weighted by Gasteiger charge is -2.13. The Bertz CT molecular complexity index is 227. The molecule has 11 heavy (non-hydrogen) atoms. The van der Waals surface area contributed by atoms with Crippen LogP contribution in [-0.2, 0) is 4.79 Å². The van der Waals surface area contributed by atoms with E-state index in [1.54, 1.807) is 0 Å². The molecule has 0 aromatic rings. The molecular weight excluding hydrogens is 136 g/mol. The van der Waals surface area contributed by atoms with Crippen LogP contribution in [0.15, 0.2) is 24.8 Å². The molecule has 0 radical (unpaired) electrons. The summed E-state index contributed by atoms with van der Waals surface area (Å²) in [6, 6.07) is 0. The molecule has 0 N–H and O–H groups in total. The van der Waals surface area contributed by atoms with Gasteiger partial charge < -0.3 is 0 Å². The van der Waals surface area contributed by atoms with E-state index in [2.05, 4.69) is 18.7 Å². The van der Waals surface area contributed by atoms with Crippen LogP contribution in [0.2, 0.25) is 0 Å². The summed E-state index contributed by atoms with van der Waals surface area (Å²) in [6.07, 6.45) is 8.17. The minimum Gasteiger partial charge on any atom is -0.295 e. The van der Waals surface area contributed by atoms with Gasteiger partial charge in [0.05, 0.1) is 0 Å². The largest absolute Gasteiger partial charge is 0.295 e. The summed E-state index contributed by atoms with van der Waals surface area (Å²) in [7, 11) is 0. The van der Waals surface area contributed by atoms with Crippen molar-refractivity contribution in [3.63, 3.8) is 0 Å². The van der Waals surface area contributed by atoms with Gasteiger partial charge in [0, 0.05) is 5.92 Å². The van der Waals surface area contributed by atoms with Gasteiger partial charge in [-0.05, 0) is 30.8 Å². The van der Waals surface area contributed by atoms with Crippen LogP contribution in [0.5, 0.6) is 0 Å². The molecule has 58 valence electrons. The summed E-state index contributed by atoms with van der Waals surface area (Å²) >= 11 is 0. The highest BCUT2D eigenvalue weighted by atomic mass is 16.1. The lowest BCUT2D eigenvalue weighted by molar-refractivity contribution is -0.118. The molecule has 3 atom stereocenters. The van der Waals surface area contributed by atoms with E-state index in [0.717, 1.165) is 6.42 Å². The third kappa shape index (κ3) is 0.953. The first-order valence-electron chi connectivity index (χ1n) is 4.16. The molecule has 0 aromatic heterocycles. The Labute approximate surface area is 66.8 Å². The Balaban J connectivity index is 2.14. The lowest BCUT2D eigenvalue weighted by atomic mass is 9.90. The maximum Gasteiger partial charge on any atom is 0.158 e. The van der Waals surface area contributed by atoms with Gasteiger partial charge in [0.15, 0.2) is 5.78 Å². The lowest BCUT2D eigenvalue weighted by Crippen LogP contribution is -2.16. The Hall–Kier alpha value is -0.850. The molecule has 0 aliphatic heterocycles. The first kappa shape index (κ1) is 6.84. The summed E-state index contributed by atoms with van der Waals surface area (Å²) in [4.78, 5) is 11.3. The monoisotopic (exact) mass is 148 g/mol.